The van der Waals surface area contributed by atoms with Gasteiger partial charge in [0.2, 0.25) is 0 Å². The minimum Gasteiger partial charge on any atom is -0.493 e. The fourth-order valence-corrected chi connectivity index (χ4v) is 5.00. The van der Waals surface area contributed by atoms with E-state index in [2.05, 4.69) is 23.3 Å². The van der Waals surface area contributed by atoms with E-state index in [4.69, 9.17) is 14.6 Å². The molecule has 2 atom stereocenters. The summed E-state index contributed by atoms with van der Waals surface area (Å²) in [5.74, 6) is 1.50. The van der Waals surface area contributed by atoms with Crippen molar-refractivity contribution in [2.75, 3.05) is 33.9 Å². The molecule has 1 aromatic carbocycles. The first-order valence-electron chi connectivity index (χ1n) is 9.68. The summed E-state index contributed by atoms with van der Waals surface area (Å²) in [4.78, 5) is 2.59. The largest absolute Gasteiger partial charge is 0.493 e. The average Bonchev–Trinajstić information content (AvgIpc) is 3.20. The van der Waals surface area contributed by atoms with Gasteiger partial charge in [-0.1, -0.05) is 6.92 Å². The number of methoxy groups -OCH3 is 2. The maximum absolute atomic E-state index is 5.45. The third-order valence-electron chi connectivity index (χ3n) is 5.15. The molecule has 2 unspecified atom stereocenters. The fraction of sp³-hybridized carbons (Fsp3) is 0.650. The van der Waals surface area contributed by atoms with E-state index in [1.54, 1.807) is 14.2 Å². The van der Waals surface area contributed by atoms with Gasteiger partial charge in [0.05, 0.1) is 30.6 Å². The molecule has 2 aliphatic heterocycles. The van der Waals surface area contributed by atoms with Gasteiger partial charge in [-0.15, -0.1) is 11.8 Å². The highest BCUT2D eigenvalue weighted by Crippen LogP contribution is 2.33. The van der Waals surface area contributed by atoms with Crippen LogP contribution in [0, 0.1) is 0 Å². The molecule has 1 aromatic rings. The minimum atomic E-state index is 0.408. The second kappa shape index (κ2) is 9.51. The normalized spacial score (nSPS) is 23.4. The first-order valence-corrected chi connectivity index (χ1v) is 10.6. The number of rotatable bonds is 8. The lowest BCUT2D eigenvalue weighted by Gasteiger charge is -2.29. The summed E-state index contributed by atoms with van der Waals surface area (Å²) >= 11 is 2.01. The van der Waals surface area contributed by atoms with Crippen molar-refractivity contribution in [1.29, 1.82) is 0 Å². The molecule has 144 valence electrons. The van der Waals surface area contributed by atoms with Gasteiger partial charge in [0, 0.05) is 5.56 Å². The summed E-state index contributed by atoms with van der Waals surface area (Å²) in [6.07, 6.45) is 6.21. The molecule has 1 fully saturated rings. The van der Waals surface area contributed by atoms with E-state index in [1.807, 2.05) is 23.9 Å². The van der Waals surface area contributed by atoms with Crippen LogP contribution < -0.4 is 14.9 Å². The topological polar surface area (TPSA) is 46.1 Å². The van der Waals surface area contributed by atoms with Crippen LogP contribution in [0.2, 0.25) is 0 Å². The molecule has 0 amide bonds. The first-order chi connectivity index (χ1) is 12.7. The molecule has 0 bridgehead atoms. The Morgan fingerprint density at radius 2 is 1.96 bits per heavy atom. The number of nitrogens with one attached hydrogen (secondary N) is 1. The summed E-state index contributed by atoms with van der Waals surface area (Å²) < 4.78 is 10.8. The second-order valence-electron chi connectivity index (χ2n) is 6.91. The predicted octanol–water partition coefficient (Wildman–Crippen LogP) is 3.73. The summed E-state index contributed by atoms with van der Waals surface area (Å²) in [6, 6.07) is 6.05. The Hall–Kier alpha value is -1.40. The number of hydrazone groups is 1. The molecule has 0 radical (unpaired) electrons. The molecule has 1 saturated heterocycles. The number of thioether (sulfide) groups is 1. The molecule has 2 heterocycles. The molecule has 1 N–H and O–H groups in total. The van der Waals surface area contributed by atoms with Crippen LogP contribution in [0.3, 0.4) is 0 Å². The van der Waals surface area contributed by atoms with Gasteiger partial charge in [-0.2, -0.15) is 5.10 Å². The van der Waals surface area contributed by atoms with Crippen molar-refractivity contribution in [3.63, 3.8) is 0 Å². The van der Waals surface area contributed by atoms with Crippen LogP contribution in [-0.2, 0) is 0 Å². The third-order valence-corrected chi connectivity index (χ3v) is 6.71. The van der Waals surface area contributed by atoms with Gasteiger partial charge in [-0.05, 0) is 69.9 Å². The summed E-state index contributed by atoms with van der Waals surface area (Å²) in [5, 5.41) is 5.57. The molecule has 3 rings (SSSR count). The van der Waals surface area contributed by atoms with E-state index in [1.165, 1.54) is 45.3 Å². The Labute approximate surface area is 161 Å². The van der Waals surface area contributed by atoms with E-state index >= 15 is 0 Å². The number of nitrogens with zero attached hydrogens (tertiary/aromatic N) is 2. The number of ether oxygens (including phenoxy) is 2. The molecule has 6 heteroatoms. The van der Waals surface area contributed by atoms with E-state index < -0.39 is 0 Å². The highest BCUT2D eigenvalue weighted by Gasteiger charge is 2.27. The number of hydrogen-bond donors (Lipinski definition) is 1. The van der Waals surface area contributed by atoms with Gasteiger partial charge in [0.15, 0.2) is 11.5 Å². The lowest BCUT2D eigenvalue weighted by molar-refractivity contribution is 0.327. The molecule has 2 aliphatic rings. The van der Waals surface area contributed by atoms with Gasteiger partial charge in [0.25, 0.3) is 0 Å². The Kier molecular flexibility index (Phi) is 7.08. The Bertz CT molecular complexity index is 617. The molecule has 0 aromatic heterocycles. The van der Waals surface area contributed by atoms with Crippen LogP contribution in [-0.4, -0.2) is 55.1 Å². The zero-order valence-corrected chi connectivity index (χ0v) is 17.0. The maximum atomic E-state index is 5.45. The molecule has 0 aliphatic carbocycles. The van der Waals surface area contributed by atoms with Gasteiger partial charge in [-0.25, -0.2) is 0 Å². The van der Waals surface area contributed by atoms with E-state index in [-0.39, 0.29) is 0 Å². The van der Waals surface area contributed by atoms with E-state index in [0.29, 0.717) is 10.6 Å². The van der Waals surface area contributed by atoms with Crippen LogP contribution in [0.5, 0.6) is 11.5 Å². The number of hydrogen-bond acceptors (Lipinski definition) is 6. The lowest BCUT2D eigenvalue weighted by Crippen LogP contribution is -2.36. The minimum absolute atomic E-state index is 0.408. The quantitative estimate of drug-likeness (QED) is 0.748. The Balaban J connectivity index is 1.62. The van der Waals surface area contributed by atoms with Crippen LogP contribution in [0.1, 0.15) is 44.6 Å². The van der Waals surface area contributed by atoms with Crippen LogP contribution >= 0.6 is 11.8 Å². The first kappa shape index (κ1) is 19.4. The van der Waals surface area contributed by atoms with Crippen molar-refractivity contribution in [3.8, 4) is 11.5 Å². The second-order valence-corrected chi connectivity index (χ2v) is 8.32. The molecule has 0 spiro atoms. The van der Waals surface area contributed by atoms with Crippen LogP contribution in [0.15, 0.2) is 23.3 Å². The van der Waals surface area contributed by atoms with Gasteiger partial charge in [-0.3, -0.25) is 5.43 Å². The van der Waals surface area contributed by atoms with Gasteiger partial charge >= 0.3 is 0 Å². The zero-order chi connectivity index (χ0) is 18.4. The van der Waals surface area contributed by atoms with E-state index in [9.17, 15) is 0 Å². The summed E-state index contributed by atoms with van der Waals surface area (Å²) in [6.45, 7) is 6.02. The Morgan fingerprint density at radius 1 is 1.19 bits per heavy atom. The van der Waals surface area contributed by atoms with Crippen molar-refractivity contribution >= 4 is 17.5 Å². The molecule has 0 saturated carbocycles. The molecule has 5 nitrogen and oxygen atoms in total. The van der Waals surface area contributed by atoms with Crippen molar-refractivity contribution in [2.45, 2.75) is 49.7 Å². The molecule has 26 heavy (non-hydrogen) atoms. The number of benzene rings is 1. The third kappa shape index (κ3) is 4.65. The van der Waals surface area contributed by atoms with E-state index in [0.717, 1.165) is 29.2 Å². The van der Waals surface area contributed by atoms with Crippen molar-refractivity contribution in [3.05, 3.63) is 23.8 Å². The maximum Gasteiger partial charge on any atom is 0.161 e. The lowest BCUT2D eigenvalue weighted by atomic mass is 10.0. The molecular weight excluding hydrogens is 346 g/mol. The van der Waals surface area contributed by atoms with Gasteiger partial charge in [0.1, 0.15) is 0 Å². The van der Waals surface area contributed by atoms with Crippen LogP contribution in [0.4, 0.5) is 0 Å². The smallest absolute Gasteiger partial charge is 0.161 e. The standard InChI is InChI=1S/C20H31N3O2S/c1-4-18-20(15-9-10-16(24-2)17(14-15)25-3)22-21-19(26-18)8-7-13-23-11-5-6-12-23/h9-10,14,18-19,21H,4-8,11-13H2,1-3H3. The zero-order valence-electron chi connectivity index (χ0n) is 16.2. The highest BCUT2D eigenvalue weighted by molar-refractivity contribution is 8.01. The van der Waals surface area contributed by atoms with Gasteiger partial charge < -0.3 is 14.4 Å². The summed E-state index contributed by atoms with van der Waals surface area (Å²) in [5.41, 5.74) is 5.59. The Morgan fingerprint density at radius 3 is 2.65 bits per heavy atom. The monoisotopic (exact) mass is 377 g/mol. The fourth-order valence-electron chi connectivity index (χ4n) is 3.68. The number of likely N-dealkylation sites (tertiary alicyclic amines) is 1. The predicted molar refractivity (Wildman–Crippen MR) is 110 cm³/mol. The highest BCUT2D eigenvalue weighted by atomic mass is 32.2. The molecular formula is C20H31N3O2S. The van der Waals surface area contributed by atoms with Crippen LogP contribution in [0.25, 0.3) is 0 Å². The summed E-state index contributed by atoms with van der Waals surface area (Å²) in [7, 11) is 3.33. The van der Waals surface area contributed by atoms with Crippen molar-refractivity contribution < 1.29 is 9.47 Å². The van der Waals surface area contributed by atoms with Crippen molar-refractivity contribution in [1.82, 2.24) is 10.3 Å². The van der Waals surface area contributed by atoms with Crippen molar-refractivity contribution in [2.24, 2.45) is 5.10 Å². The SMILES string of the molecule is CCC1SC(CCCN2CCCC2)NN=C1c1ccc(OC)c(OC)c1. The average molecular weight is 378 g/mol.